The van der Waals surface area contributed by atoms with E-state index in [-0.39, 0.29) is 5.88 Å². The second kappa shape index (κ2) is 7.25. The summed E-state index contributed by atoms with van der Waals surface area (Å²) in [5.41, 5.74) is 10.4. The van der Waals surface area contributed by atoms with Crippen molar-refractivity contribution < 1.29 is 4.74 Å². The van der Waals surface area contributed by atoms with Gasteiger partial charge in [0.15, 0.2) is 0 Å². The van der Waals surface area contributed by atoms with Crippen LogP contribution in [0.3, 0.4) is 0 Å². The molecule has 1 aliphatic rings. The summed E-state index contributed by atoms with van der Waals surface area (Å²) >= 11 is 0. The maximum atomic E-state index is 10.2. The number of rotatable bonds is 2. The largest absolute Gasteiger partial charge is 0.422 e. The van der Waals surface area contributed by atoms with Crippen molar-refractivity contribution in [1.82, 2.24) is 9.78 Å². The summed E-state index contributed by atoms with van der Waals surface area (Å²) in [7, 11) is 0. The average Bonchev–Trinajstić information content (AvgIpc) is 3.18. The van der Waals surface area contributed by atoms with E-state index < -0.39 is 5.92 Å². The Hall–Kier alpha value is -4.56. The van der Waals surface area contributed by atoms with Crippen molar-refractivity contribution in [3.8, 4) is 17.6 Å². The van der Waals surface area contributed by atoms with E-state index in [2.05, 4.69) is 36.4 Å². The van der Waals surface area contributed by atoms with Gasteiger partial charge in [-0.15, -0.1) is 0 Å². The molecule has 0 radical (unpaired) electrons. The van der Waals surface area contributed by atoms with Crippen molar-refractivity contribution in [2.45, 2.75) is 12.8 Å². The van der Waals surface area contributed by atoms with Crippen LogP contribution in [0.4, 0.5) is 0 Å². The van der Waals surface area contributed by atoms with Crippen LogP contribution in [0.25, 0.3) is 27.2 Å². The fraction of sp³-hybridized carbons (Fsp3) is 0.0714. The van der Waals surface area contributed by atoms with Crippen LogP contribution in [-0.4, -0.2) is 9.78 Å². The van der Waals surface area contributed by atoms with Gasteiger partial charge in [-0.1, -0.05) is 66.7 Å². The summed E-state index contributed by atoms with van der Waals surface area (Å²) in [6, 6.07) is 30.9. The first-order valence-electron chi connectivity index (χ1n) is 10.8. The Balaban J connectivity index is 1.74. The zero-order valence-electron chi connectivity index (χ0n) is 18.0. The molecule has 5 nitrogen and oxygen atoms in total. The minimum absolute atomic E-state index is 0.115. The third kappa shape index (κ3) is 2.81. The summed E-state index contributed by atoms with van der Waals surface area (Å²) in [6.07, 6.45) is 0. The molecular formula is C28H20N4O. The van der Waals surface area contributed by atoms with Crippen LogP contribution < -0.4 is 10.5 Å². The number of allylic oxidation sites excluding steroid dienone is 1. The lowest BCUT2D eigenvalue weighted by atomic mass is 9.79. The molecule has 1 aromatic heterocycles. The predicted octanol–water partition coefficient (Wildman–Crippen LogP) is 5.71. The van der Waals surface area contributed by atoms with Crippen LogP contribution in [0.2, 0.25) is 0 Å². The molecule has 0 saturated heterocycles. The second-order valence-electron chi connectivity index (χ2n) is 8.21. The quantitative estimate of drug-likeness (QED) is 0.366. The van der Waals surface area contributed by atoms with E-state index in [0.717, 1.165) is 44.1 Å². The molecule has 0 spiro atoms. The van der Waals surface area contributed by atoms with Crippen LogP contribution in [0.15, 0.2) is 96.4 Å². The van der Waals surface area contributed by atoms with Crippen molar-refractivity contribution >= 4 is 21.5 Å². The molecule has 5 heteroatoms. The smallest absolute Gasteiger partial charge is 0.229 e. The van der Waals surface area contributed by atoms with Crippen LogP contribution in [-0.2, 0) is 0 Å². The Morgan fingerprint density at radius 1 is 0.879 bits per heavy atom. The fourth-order valence-electron chi connectivity index (χ4n) is 4.91. The van der Waals surface area contributed by atoms with E-state index in [9.17, 15) is 5.26 Å². The molecule has 4 aromatic carbocycles. The van der Waals surface area contributed by atoms with E-state index in [1.165, 1.54) is 0 Å². The zero-order chi connectivity index (χ0) is 22.5. The normalized spacial score (nSPS) is 15.3. The monoisotopic (exact) mass is 428 g/mol. The topological polar surface area (TPSA) is 76.9 Å². The van der Waals surface area contributed by atoms with Gasteiger partial charge in [0.2, 0.25) is 11.8 Å². The molecule has 1 aliphatic heterocycles. The molecule has 0 fully saturated rings. The maximum absolute atomic E-state index is 10.2. The van der Waals surface area contributed by atoms with Gasteiger partial charge in [0, 0.05) is 0 Å². The van der Waals surface area contributed by atoms with E-state index in [1.807, 2.05) is 61.5 Å². The maximum Gasteiger partial charge on any atom is 0.229 e. The Labute approximate surface area is 190 Å². The molecule has 2 heterocycles. The number of nitrogens with zero attached hydrogens (tertiary/aromatic N) is 3. The number of hydrogen-bond donors (Lipinski definition) is 1. The Morgan fingerprint density at radius 2 is 1.48 bits per heavy atom. The predicted molar refractivity (Wildman–Crippen MR) is 129 cm³/mol. The van der Waals surface area contributed by atoms with Gasteiger partial charge in [0.1, 0.15) is 11.6 Å². The number of para-hydroxylation sites is 1. The van der Waals surface area contributed by atoms with E-state index in [4.69, 9.17) is 15.6 Å². The Bertz CT molecular complexity index is 1570. The fourth-order valence-corrected chi connectivity index (χ4v) is 4.91. The number of aryl methyl sites for hydroxylation is 1. The first kappa shape index (κ1) is 19.1. The molecule has 158 valence electrons. The SMILES string of the molecule is Cc1nn(-c2ccccc2)c2c1[C@@H](c1c3ccccc3cc3ccccc13)C(C#N)=C(N)O2. The van der Waals surface area contributed by atoms with Gasteiger partial charge >= 0.3 is 0 Å². The first-order chi connectivity index (χ1) is 16.2. The molecule has 0 amide bonds. The average molecular weight is 428 g/mol. The van der Waals surface area contributed by atoms with E-state index in [1.54, 1.807) is 4.68 Å². The first-order valence-corrected chi connectivity index (χ1v) is 10.8. The number of hydrogen-bond acceptors (Lipinski definition) is 4. The summed E-state index contributed by atoms with van der Waals surface area (Å²) < 4.78 is 7.82. The molecule has 1 atom stereocenters. The van der Waals surface area contributed by atoms with Gasteiger partial charge in [0.05, 0.1) is 22.9 Å². The molecule has 2 N–H and O–H groups in total. The highest BCUT2D eigenvalue weighted by Gasteiger charge is 2.37. The highest BCUT2D eigenvalue weighted by molar-refractivity contribution is 6.03. The van der Waals surface area contributed by atoms with Gasteiger partial charge in [-0.2, -0.15) is 10.4 Å². The lowest BCUT2D eigenvalue weighted by molar-refractivity contribution is 0.367. The number of ether oxygens (including phenoxy) is 1. The minimum Gasteiger partial charge on any atom is -0.422 e. The molecule has 6 rings (SSSR count). The standard InChI is InChI=1S/C28H20N4O/c1-17-24-26(25-21-13-7-5-9-18(21)15-19-10-6-8-14-22(19)25)23(16-29)27(30)33-28(24)32(31-17)20-11-3-2-4-12-20/h2-15,26H,30H2,1H3/t26-/m0/s1. The van der Waals surface area contributed by atoms with Crippen molar-refractivity contribution in [1.29, 1.82) is 5.26 Å². The minimum atomic E-state index is -0.396. The van der Waals surface area contributed by atoms with Gasteiger partial charge in [-0.25, -0.2) is 4.68 Å². The van der Waals surface area contributed by atoms with E-state index in [0.29, 0.717) is 11.5 Å². The van der Waals surface area contributed by atoms with Crippen molar-refractivity contribution in [3.63, 3.8) is 0 Å². The number of benzene rings is 4. The Kier molecular flexibility index (Phi) is 4.21. The van der Waals surface area contributed by atoms with Crippen molar-refractivity contribution in [2.24, 2.45) is 5.73 Å². The van der Waals surface area contributed by atoms with Crippen molar-refractivity contribution in [3.05, 3.63) is 113 Å². The van der Waals surface area contributed by atoms with Crippen LogP contribution >= 0.6 is 0 Å². The third-order valence-corrected chi connectivity index (χ3v) is 6.33. The number of nitriles is 1. The van der Waals surface area contributed by atoms with Crippen LogP contribution in [0.1, 0.15) is 22.7 Å². The molecule has 0 aliphatic carbocycles. The molecule has 5 aromatic rings. The summed E-state index contributed by atoms with van der Waals surface area (Å²) in [5.74, 6) is 0.272. The van der Waals surface area contributed by atoms with Crippen LogP contribution in [0.5, 0.6) is 5.88 Å². The summed E-state index contributed by atoms with van der Waals surface area (Å²) in [6.45, 7) is 1.96. The number of fused-ring (bicyclic) bond motifs is 3. The third-order valence-electron chi connectivity index (χ3n) is 6.33. The number of nitrogens with two attached hydrogens (primary N) is 1. The Morgan fingerprint density at radius 3 is 2.12 bits per heavy atom. The lowest BCUT2D eigenvalue weighted by Gasteiger charge is -2.27. The zero-order valence-corrected chi connectivity index (χ0v) is 18.0. The highest BCUT2D eigenvalue weighted by Crippen LogP contribution is 2.48. The highest BCUT2D eigenvalue weighted by atomic mass is 16.5. The summed E-state index contributed by atoms with van der Waals surface area (Å²) in [4.78, 5) is 0. The van der Waals surface area contributed by atoms with Gasteiger partial charge < -0.3 is 10.5 Å². The second-order valence-corrected chi connectivity index (χ2v) is 8.21. The molecular weight excluding hydrogens is 408 g/mol. The molecule has 0 saturated carbocycles. The van der Waals surface area contributed by atoms with Crippen LogP contribution in [0, 0.1) is 18.3 Å². The van der Waals surface area contributed by atoms with Crippen molar-refractivity contribution in [2.75, 3.05) is 0 Å². The van der Waals surface area contributed by atoms with Gasteiger partial charge in [0.25, 0.3) is 0 Å². The van der Waals surface area contributed by atoms with Gasteiger partial charge in [-0.3, -0.25) is 0 Å². The number of aromatic nitrogens is 2. The van der Waals surface area contributed by atoms with Gasteiger partial charge in [-0.05, 0) is 52.2 Å². The molecule has 0 unspecified atom stereocenters. The molecule has 33 heavy (non-hydrogen) atoms. The summed E-state index contributed by atoms with van der Waals surface area (Å²) in [5, 5.41) is 19.4. The van der Waals surface area contributed by atoms with E-state index >= 15 is 0 Å². The molecule has 0 bridgehead atoms. The lowest BCUT2D eigenvalue weighted by Crippen LogP contribution is -2.22.